The van der Waals surface area contributed by atoms with E-state index in [2.05, 4.69) is 30.3 Å². The number of carbonyl (C=O) groups excluding carboxylic acids is 1. The second-order valence-electron chi connectivity index (χ2n) is 9.58. The lowest BCUT2D eigenvalue weighted by molar-refractivity contribution is -0.139. The van der Waals surface area contributed by atoms with Crippen LogP contribution in [-0.4, -0.2) is 27.9 Å². The van der Waals surface area contributed by atoms with Crippen LogP contribution in [-0.2, 0) is 34.3 Å². The number of carbonyl (C=O) groups is 1. The summed E-state index contributed by atoms with van der Waals surface area (Å²) in [5.74, 6) is -0.153. The number of esters is 1. The van der Waals surface area contributed by atoms with Gasteiger partial charge in [-0.05, 0) is 43.7 Å². The molecule has 0 amide bonds. The van der Waals surface area contributed by atoms with E-state index in [9.17, 15) is 9.59 Å². The first kappa shape index (κ1) is 23.9. The van der Waals surface area contributed by atoms with Crippen molar-refractivity contribution in [2.45, 2.75) is 69.0 Å². The fraction of sp³-hybridized carbons (Fsp3) is 0.414. The Morgan fingerprint density at radius 1 is 1.06 bits per heavy atom. The maximum absolute atomic E-state index is 14.3. The second kappa shape index (κ2) is 10.4. The predicted molar refractivity (Wildman–Crippen MR) is 140 cm³/mol. The number of aryl methyl sites for hydroxylation is 1. The van der Waals surface area contributed by atoms with Crippen LogP contribution in [0.5, 0.6) is 0 Å². The van der Waals surface area contributed by atoms with Gasteiger partial charge in [0.1, 0.15) is 0 Å². The van der Waals surface area contributed by atoms with Crippen molar-refractivity contribution in [3.63, 3.8) is 0 Å². The Hall–Kier alpha value is -2.86. The first-order chi connectivity index (χ1) is 17.1. The summed E-state index contributed by atoms with van der Waals surface area (Å²) in [6.07, 6.45) is 7.20. The van der Waals surface area contributed by atoms with Gasteiger partial charge >= 0.3 is 5.97 Å². The summed E-state index contributed by atoms with van der Waals surface area (Å²) in [5.41, 5.74) is 5.14. The van der Waals surface area contributed by atoms with E-state index in [1.165, 1.54) is 29.3 Å². The first-order valence-corrected chi connectivity index (χ1v) is 13.7. The molecule has 1 saturated carbocycles. The van der Waals surface area contributed by atoms with Gasteiger partial charge in [0.15, 0.2) is 5.16 Å². The number of benzene rings is 2. The van der Waals surface area contributed by atoms with E-state index in [1.54, 1.807) is 6.92 Å². The van der Waals surface area contributed by atoms with E-state index in [0.29, 0.717) is 18.3 Å². The van der Waals surface area contributed by atoms with Crippen LogP contribution in [0.2, 0.25) is 0 Å². The van der Waals surface area contributed by atoms with Crippen molar-refractivity contribution in [3.05, 3.63) is 81.6 Å². The number of aromatic nitrogens is 2. The first-order valence-electron chi connectivity index (χ1n) is 12.7. The average molecular weight is 489 g/mol. The highest BCUT2D eigenvalue weighted by atomic mass is 32.2. The summed E-state index contributed by atoms with van der Waals surface area (Å²) >= 11 is 1.30. The Morgan fingerprint density at radius 2 is 1.80 bits per heavy atom. The topological polar surface area (TPSA) is 61.2 Å². The SMILES string of the molecule is CCOC(=O)CSc1nc2c(c(=O)n1CCc1ccccc1)C1(CCCCC1)Cc1ccccc1-2. The molecule has 5 rings (SSSR count). The largest absolute Gasteiger partial charge is 0.465 e. The summed E-state index contributed by atoms with van der Waals surface area (Å²) in [4.78, 5) is 31.6. The van der Waals surface area contributed by atoms with Gasteiger partial charge in [0.05, 0.1) is 23.6 Å². The molecule has 5 nitrogen and oxygen atoms in total. The van der Waals surface area contributed by atoms with Crippen LogP contribution in [0.15, 0.2) is 64.5 Å². The standard InChI is InChI=1S/C29H32N2O3S/c1-2-34-24(32)20-35-28-30-26-23-14-8-7-13-22(23)19-29(16-9-4-10-17-29)25(26)27(33)31(28)18-15-21-11-5-3-6-12-21/h3,5-8,11-14H,2,4,9-10,15-20H2,1H3. The Labute approximate surface area is 210 Å². The van der Waals surface area contributed by atoms with Gasteiger partial charge in [-0.25, -0.2) is 4.98 Å². The molecular weight excluding hydrogens is 456 g/mol. The number of fused-ring (bicyclic) bond motifs is 4. The highest BCUT2D eigenvalue weighted by molar-refractivity contribution is 7.99. The molecule has 1 heterocycles. The van der Waals surface area contributed by atoms with Crippen molar-refractivity contribution < 1.29 is 9.53 Å². The molecule has 0 atom stereocenters. The predicted octanol–water partition coefficient (Wildman–Crippen LogP) is 5.57. The minimum atomic E-state index is -0.289. The molecule has 3 aromatic rings. The minimum Gasteiger partial charge on any atom is -0.465 e. The summed E-state index contributed by atoms with van der Waals surface area (Å²) < 4.78 is 6.97. The van der Waals surface area contributed by atoms with Crippen LogP contribution in [0.3, 0.4) is 0 Å². The van der Waals surface area contributed by atoms with Crippen LogP contribution in [0.1, 0.15) is 55.7 Å². The molecule has 1 aromatic heterocycles. The molecule has 0 saturated heterocycles. The lowest BCUT2D eigenvalue weighted by Gasteiger charge is -2.42. The molecule has 2 aliphatic rings. The van der Waals surface area contributed by atoms with Gasteiger partial charge in [0.2, 0.25) is 0 Å². The third-order valence-electron chi connectivity index (χ3n) is 7.37. The minimum absolute atomic E-state index is 0.0636. The Morgan fingerprint density at radius 3 is 2.57 bits per heavy atom. The van der Waals surface area contributed by atoms with Gasteiger partial charge in [0, 0.05) is 17.5 Å². The third kappa shape index (κ3) is 4.81. The average Bonchev–Trinajstić information content (AvgIpc) is 2.88. The summed E-state index contributed by atoms with van der Waals surface area (Å²) in [6, 6.07) is 18.6. The van der Waals surface area contributed by atoms with Gasteiger partial charge in [-0.15, -0.1) is 0 Å². The fourth-order valence-electron chi connectivity index (χ4n) is 5.74. The Kier molecular flexibility index (Phi) is 7.09. The van der Waals surface area contributed by atoms with E-state index < -0.39 is 0 Å². The molecule has 0 bridgehead atoms. The van der Waals surface area contributed by atoms with Crippen molar-refractivity contribution in [3.8, 4) is 11.3 Å². The van der Waals surface area contributed by atoms with Gasteiger partial charge < -0.3 is 4.74 Å². The molecule has 2 aliphatic carbocycles. The molecule has 1 spiro atoms. The smallest absolute Gasteiger partial charge is 0.316 e. The molecule has 0 aliphatic heterocycles. The Bertz CT molecular complexity index is 1260. The number of thioether (sulfide) groups is 1. The monoisotopic (exact) mass is 488 g/mol. The van der Waals surface area contributed by atoms with E-state index in [4.69, 9.17) is 9.72 Å². The van der Waals surface area contributed by atoms with Crippen molar-refractivity contribution in [1.82, 2.24) is 9.55 Å². The molecule has 1 fully saturated rings. The van der Waals surface area contributed by atoms with E-state index in [1.807, 2.05) is 28.8 Å². The third-order valence-corrected chi connectivity index (χ3v) is 8.32. The molecule has 0 N–H and O–H groups in total. The molecule has 2 aromatic carbocycles. The number of hydrogen-bond donors (Lipinski definition) is 0. The van der Waals surface area contributed by atoms with Crippen LogP contribution < -0.4 is 5.56 Å². The number of rotatable bonds is 7. The highest BCUT2D eigenvalue weighted by Crippen LogP contribution is 2.48. The normalized spacial score (nSPS) is 15.9. The lowest BCUT2D eigenvalue weighted by atomic mass is 9.62. The maximum atomic E-state index is 14.3. The van der Waals surface area contributed by atoms with Gasteiger partial charge in [-0.2, -0.15) is 0 Å². The van der Waals surface area contributed by atoms with Crippen molar-refractivity contribution in [2.24, 2.45) is 0 Å². The van der Waals surface area contributed by atoms with Crippen LogP contribution in [0.4, 0.5) is 0 Å². The van der Waals surface area contributed by atoms with Gasteiger partial charge in [0.25, 0.3) is 5.56 Å². The molecule has 182 valence electrons. The van der Waals surface area contributed by atoms with Crippen molar-refractivity contribution >= 4 is 17.7 Å². The van der Waals surface area contributed by atoms with E-state index in [0.717, 1.165) is 55.3 Å². The van der Waals surface area contributed by atoms with Crippen LogP contribution in [0, 0.1) is 0 Å². The van der Waals surface area contributed by atoms with Gasteiger partial charge in [-0.3, -0.25) is 14.2 Å². The molecule has 0 unspecified atom stereocenters. The summed E-state index contributed by atoms with van der Waals surface area (Å²) in [5, 5.41) is 0.598. The van der Waals surface area contributed by atoms with Crippen LogP contribution in [0.25, 0.3) is 11.3 Å². The summed E-state index contributed by atoms with van der Waals surface area (Å²) in [7, 11) is 0. The van der Waals surface area contributed by atoms with Crippen LogP contribution >= 0.6 is 11.8 Å². The Balaban J connectivity index is 1.63. The van der Waals surface area contributed by atoms with Gasteiger partial charge in [-0.1, -0.05) is 85.6 Å². The second-order valence-corrected chi connectivity index (χ2v) is 10.5. The van der Waals surface area contributed by atoms with Crippen molar-refractivity contribution in [1.29, 1.82) is 0 Å². The number of ether oxygens (including phenoxy) is 1. The lowest BCUT2D eigenvalue weighted by Crippen LogP contribution is -2.43. The summed E-state index contributed by atoms with van der Waals surface area (Å²) in [6.45, 7) is 2.68. The molecule has 6 heteroatoms. The zero-order chi connectivity index (χ0) is 24.3. The van der Waals surface area contributed by atoms with E-state index in [-0.39, 0.29) is 22.7 Å². The fourth-order valence-corrected chi connectivity index (χ4v) is 6.56. The zero-order valence-electron chi connectivity index (χ0n) is 20.3. The number of hydrogen-bond acceptors (Lipinski definition) is 5. The molecule has 0 radical (unpaired) electrons. The zero-order valence-corrected chi connectivity index (χ0v) is 21.1. The highest BCUT2D eigenvalue weighted by Gasteiger charge is 2.43. The molecular formula is C29H32N2O3S. The van der Waals surface area contributed by atoms with Crippen molar-refractivity contribution in [2.75, 3.05) is 12.4 Å². The quantitative estimate of drug-likeness (QED) is 0.247. The molecule has 35 heavy (non-hydrogen) atoms. The maximum Gasteiger partial charge on any atom is 0.316 e. The number of nitrogens with zero attached hydrogens (tertiary/aromatic N) is 2. The van der Waals surface area contributed by atoms with E-state index >= 15 is 0 Å².